The first-order valence-electron chi connectivity index (χ1n) is 7.67. The van der Waals surface area contributed by atoms with Gasteiger partial charge in [-0.3, -0.25) is 4.68 Å². The number of methoxy groups -OCH3 is 1. The Hall–Kier alpha value is -2.57. The largest absolute Gasteiger partial charge is 0.497 e. The highest BCUT2D eigenvalue weighted by atomic mass is 35.5. The molecular formula is C18H15ClN4OS. The summed E-state index contributed by atoms with van der Waals surface area (Å²) in [6.45, 7) is 0.615. The summed E-state index contributed by atoms with van der Waals surface area (Å²) < 4.78 is 7.31. The van der Waals surface area contributed by atoms with Crippen molar-refractivity contribution in [3.05, 3.63) is 64.1 Å². The van der Waals surface area contributed by atoms with Crippen molar-refractivity contribution in [3.63, 3.8) is 0 Å². The molecule has 0 atom stereocenters. The van der Waals surface area contributed by atoms with E-state index in [2.05, 4.69) is 10.3 Å². The van der Waals surface area contributed by atoms with Crippen LogP contribution >= 0.6 is 22.9 Å². The lowest BCUT2D eigenvalue weighted by molar-refractivity contribution is 0.415. The summed E-state index contributed by atoms with van der Waals surface area (Å²) in [5.41, 5.74) is 4.71. The highest BCUT2D eigenvalue weighted by Crippen LogP contribution is 2.30. The summed E-state index contributed by atoms with van der Waals surface area (Å²) in [5, 5.41) is 11.8. The fraction of sp³-hybridized carbons (Fsp3) is 0.111. The molecule has 1 N–H and O–H groups in total. The standard InChI is InChI=1S/C18H15ClN4OS/c1-24-15-5-6-17-16(8-15)18(21-13-4-2-3-12(19)7-13)22-23(17)9-14-10-25-11-20-14/h2-8,10-11H,9H2,1H3,(H,21,22). The zero-order chi connectivity index (χ0) is 17.2. The lowest BCUT2D eigenvalue weighted by Gasteiger charge is -2.04. The molecule has 0 bridgehead atoms. The molecule has 0 aliphatic heterocycles. The van der Waals surface area contributed by atoms with Crippen LogP contribution in [0.25, 0.3) is 10.9 Å². The number of anilines is 2. The summed E-state index contributed by atoms with van der Waals surface area (Å²) in [7, 11) is 1.66. The Bertz CT molecular complexity index is 1010. The molecule has 2 heterocycles. The number of halogens is 1. The predicted molar refractivity (Wildman–Crippen MR) is 102 cm³/mol. The van der Waals surface area contributed by atoms with E-state index in [0.717, 1.165) is 33.9 Å². The van der Waals surface area contributed by atoms with Crippen LogP contribution in [0.2, 0.25) is 5.02 Å². The van der Waals surface area contributed by atoms with Crippen LogP contribution in [0.3, 0.4) is 0 Å². The number of aromatic nitrogens is 3. The van der Waals surface area contributed by atoms with E-state index < -0.39 is 0 Å². The van der Waals surface area contributed by atoms with Gasteiger partial charge in [0.2, 0.25) is 0 Å². The molecule has 0 unspecified atom stereocenters. The van der Waals surface area contributed by atoms with Gasteiger partial charge in [-0.05, 0) is 36.4 Å². The molecule has 0 spiro atoms. The molecule has 7 heteroatoms. The number of thiazole rings is 1. The Morgan fingerprint density at radius 3 is 2.92 bits per heavy atom. The first-order chi connectivity index (χ1) is 12.2. The lowest BCUT2D eigenvalue weighted by atomic mass is 10.2. The fourth-order valence-corrected chi connectivity index (χ4v) is 3.41. The number of hydrogen-bond donors (Lipinski definition) is 1. The Labute approximate surface area is 153 Å². The summed E-state index contributed by atoms with van der Waals surface area (Å²) in [6.07, 6.45) is 0. The third-order valence-corrected chi connectivity index (χ3v) is 4.71. The number of nitrogens with one attached hydrogen (secondary N) is 1. The van der Waals surface area contributed by atoms with E-state index in [1.165, 1.54) is 0 Å². The molecule has 0 fully saturated rings. The van der Waals surface area contributed by atoms with E-state index in [1.54, 1.807) is 18.4 Å². The van der Waals surface area contributed by atoms with Crippen molar-refractivity contribution in [3.8, 4) is 5.75 Å². The summed E-state index contributed by atoms with van der Waals surface area (Å²) in [5.74, 6) is 1.54. The van der Waals surface area contributed by atoms with Crippen LogP contribution in [-0.2, 0) is 6.54 Å². The van der Waals surface area contributed by atoms with Crippen LogP contribution in [-0.4, -0.2) is 21.9 Å². The minimum Gasteiger partial charge on any atom is -0.497 e. The second-order valence-electron chi connectivity index (χ2n) is 5.50. The van der Waals surface area contributed by atoms with Gasteiger partial charge in [0, 0.05) is 21.5 Å². The zero-order valence-electron chi connectivity index (χ0n) is 13.4. The molecular weight excluding hydrogens is 356 g/mol. The molecule has 4 rings (SSSR count). The van der Waals surface area contributed by atoms with Gasteiger partial charge in [-0.2, -0.15) is 5.10 Å². The van der Waals surface area contributed by atoms with Crippen molar-refractivity contribution < 1.29 is 4.74 Å². The minimum absolute atomic E-state index is 0.615. The third-order valence-electron chi connectivity index (χ3n) is 3.84. The van der Waals surface area contributed by atoms with Gasteiger partial charge >= 0.3 is 0 Å². The van der Waals surface area contributed by atoms with E-state index in [1.807, 2.05) is 58.0 Å². The van der Waals surface area contributed by atoms with E-state index in [-0.39, 0.29) is 0 Å². The summed E-state index contributed by atoms with van der Waals surface area (Å²) in [6, 6.07) is 13.5. The molecule has 126 valence electrons. The maximum absolute atomic E-state index is 6.08. The molecule has 0 radical (unpaired) electrons. The molecule has 25 heavy (non-hydrogen) atoms. The SMILES string of the molecule is COc1ccc2c(c1)c(Nc1cccc(Cl)c1)nn2Cc1cscn1. The van der Waals surface area contributed by atoms with E-state index in [0.29, 0.717) is 11.6 Å². The molecule has 0 amide bonds. The number of ether oxygens (including phenoxy) is 1. The van der Waals surface area contributed by atoms with Crippen LogP contribution < -0.4 is 10.1 Å². The Morgan fingerprint density at radius 1 is 1.24 bits per heavy atom. The monoisotopic (exact) mass is 370 g/mol. The fourth-order valence-electron chi connectivity index (χ4n) is 2.67. The number of rotatable bonds is 5. The number of hydrogen-bond acceptors (Lipinski definition) is 5. The molecule has 2 aromatic heterocycles. The van der Waals surface area contributed by atoms with E-state index in [9.17, 15) is 0 Å². The number of nitrogens with zero attached hydrogens (tertiary/aromatic N) is 3. The van der Waals surface area contributed by atoms with Gasteiger partial charge in [0.15, 0.2) is 5.82 Å². The minimum atomic E-state index is 0.615. The zero-order valence-corrected chi connectivity index (χ0v) is 15.0. The van der Waals surface area contributed by atoms with Gasteiger partial charge in [0.1, 0.15) is 5.75 Å². The predicted octanol–water partition coefficient (Wildman–Crippen LogP) is 4.95. The number of fused-ring (bicyclic) bond motifs is 1. The van der Waals surface area contributed by atoms with Crippen LogP contribution in [0.5, 0.6) is 5.75 Å². The first kappa shape index (κ1) is 15.9. The van der Waals surface area contributed by atoms with Crippen molar-refractivity contribution in [2.24, 2.45) is 0 Å². The Balaban J connectivity index is 1.78. The molecule has 0 aliphatic rings. The maximum atomic E-state index is 6.08. The lowest BCUT2D eigenvalue weighted by Crippen LogP contribution is -2.02. The van der Waals surface area contributed by atoms with Gasteiger partial charge < -0.3 is 10.1 Å². The average molecular weight is 371 g/mol. The molecule has 5 nitrogen and oxygen atoms in total. The third kappa shape index (κ3) is 3.31. The van der Waals surface area contributed by atoms with Crippen molar-refractivity contribution in [2.45, 2.75) is 6.54 Å². The first-order valence-corrected chi connectivity index (χ1v) is 8.99. The molecule has 0 aliphatic carbocycles. The normalized spacial score (nSPS) is 11.0. The maximum Gasteiger partial charge on any atom is 0.160 e. The van der Waals surface area contributed by atoms with Gasteiger partial charge in [-0.15, -0.1) is 11.3 Å². The Kier molecular flexibility index (Phi) is 4.29. The van der Waals surface area contributed by atoms with Crippen molar-refractivity contribution in [2.75, 3.05) is 12.4 Å². The van der Waals surface area contributed by atoms with Crippen molar-refractivity contribution in [1.29, 1.82) is 0 Å². The summed E-state index contributed by atoms with van der Waals surface area (Å²) in [4.78, 5) is 4.35. The van der Waals surface area contributed by atoms with Gasteiger partial charge in [0.05, 0.1) is 30.4 Å². The quantitative estimate of drug-likeness (QED) is 0.540. The molecule has 0 saturated heterocycles. The van der Waals surface area contributed by atoms with E-state index >= 15 is 0 Å². The van der Waals surface area contributed by atoms with Crippen molar-refractivity contribution in [1.82, 2.24) is 14.8 Å². The summed E-state index contributed by atoms with van der Waals surface area (Å²) >= 11 is 7.66. The number of benzene rings is 2. The van der Waals surface area contributed by atoms with Crippen LogP contribution in [0.15, 0.2) is 53.4 Å². The molecule has 2 aromatic carbocycles. The van der Waals surface area contributed by atoms with Crippen molar-refractivity contribution >= 4 is 45.3 Å². The van der Waals surface area contributed by atoms with Gasteiger partial charge in [-0.1, -0.05) is 17.7 Å². The Morgan fingerprint density at radius 2 is 2.16 bits per heavy atom. The highest BCUT2D eigenvalue weighted by Gasteiger charge is 2.13. The molecule has 4 aromatic rings. The smallest absolute Gasteiger partial charge is 0.160 e. The topological polar surface area (TPSA) is 52.0 Å². The van der Waals surface area contributed by atoms with Crippen LogP contribution in [0.1, 0.15) is 5.69 Å². The van der Waals surface area contributed by atoms with Gasteiger partial charge in [0.25, 0.3) is 0 Å². The van der Waals surface area contributed by atoms with Gasteiger partial charge in [-0.25, -0.2) is 4.98 Å². The van der Waals surface area contributed by atoms with Crippen LogP contribution in [0, 0.1) is 0 Å². The van der Waals surface area contributed by atoms with Crippen LogP contribution in [0.4, 0.5) is 11.5 Å². The second-order valence-corrected chi connectivity index (χ2v) is 6.66. The average Bonchev–Trinajstić information content (AvgIpc) is 3.24. The molecule has 0 saturated carbocycles. The van der Waals surface area contributed by atoms with E-state index in [4.69, 9.17) is 21.4 Å². The second kappa shape index (κ2) is 6.74. The highest BCUT2D eigenvalue weighted by molar-refractivity contribution is 7.07.